The molecule has 3 nitrogen and oxygen atoms in total. The van der Waals surface area contributed by atoms with Crippen molar-refractivity contribution >= 4 is 33.7 Å². The van der Waals surface area contributed by atoms with Gasteiger partial charge in [-0.25, -0.2) is 4.98 Å². The van der Waals surface area contributed by atoms with Crippen molar-refractivity contribution in [3.8, 4) is 0 Å². The molecule has 0 aromatic carbocycles. The Morgan fingerprint density at radius 1 is 1.35 bits per heavy atom. The first-order chi connectivity index (χ1) is 8.10. The highest BCUT2D eigenvalue weighted by atomic mass is 32.1. The minimum Gasteiger partial charge on any atom is -0.297 e. The first kappa shape index (κ1) is 12.3. The number of rotatable bonds is 3. The van der Waals surface area contributed by atoms with Crippen LogP contribution >= 0.6 is 22.7 Å². The molecule has 2 aromatic heterocycles. The Labute approximate surface area is 109 Å². The third kappa shape index (κ3) is 2.73. The predicted octanol–water partition coefficient (Wildman–Crippen LogP) is 3.64. The molecule has 1 N–H and O–H groups in total. The third-order valence-corrected chi connectivity index (χ3v) is 4.70. The lowest BCUT2D eigenvalue weighted by Gasteiger charge is -1.97. The summed E-state index contributed by atoms with van der Waals surface area (Å²) in [5.74, 6) is -0.0662. The van der Waals surface area contributed by atoms with E-state index in [1.807, 2.05) is 26.0 Å². The molecule has 0 bridgehead atoms. The van der Waals surface area contributed by atoms with E-state index >= 15 is 0 Å². The van der Waals surface area contributed by atoms with Crippen LogP contribution in [0.2, 0.25) is 0 Å². The minimum atomic E-state index is -0.0662. The van der Waals surface area contributed by atoms with Gasteiger partial charge in [0.1, 0.15) is 0 Å². The maximum Gasteiger partial charge on any atom is 0.267 e. The molecule has 0 unspecified atom stereocenters. The molecular weight excluding hydrogens is 252 g/mol. The van der Waals surface area contributed by atoms with E-state index in [-0.39, 0.29) is 5.91 Å². The molecule has 0 fully saturated rings. The number of thiazole rings is 1. The number of hydrogen-bond donors (Lipinski definition) is 1. The molecule has 0 aliphatic heterocycles. The van der Waals surface area contributed by atoms with Gasteiger partial charge in [-0.15, -0.1) is 22.7 Å². The topological polar surface area (TPSA) is 42.0 Å². The lowest BCUT2D eigenvalue weighted by molar-refractivity contribution is 0.103. The van der Waals surface area contributed by atoms with Crippen LogP contribution in [0.4, 0.5) is 5.13 Å². The Morgan fingerprint density at radius 3 is 2.65 bits per heavy atom. The van der Waals surface area contributed by atoms with Gasteiger partial charge in [0.15, 0.2) is 5.13 Å². The summed E-state index contributed by atoms with van der Waals surface area (Å²) in [4.78, 5) is 19.3. The number of carbonyl (C=O) groups excluding carboxylic acids is 1. The standard InChI is InChI=1S/C12H14N2OS2/c1-4-9-5-6-10(17-9)11(15)14-12-13-7(2)8(3)16-12/h5-6H,4H2,1-3H3,(H,13,14,15). The lowest BCUT2D eigenvalue weighted by Crippen LogP contribution is -2.09. The fourth-order valence-electron chi connectivity index (χ4n) is 1.37. The number of amides is 1. The normalized spacial score (nSPS) is 10.5. The van der Waals surface area contributed by atoms with Gasteiger partial charge in [0, 0.05) is 9.75 Å². The number of aryl methyl sites for hydroxylation is 3. The Morgan fingerprint density at radius 2 is 2.12 bits per heavy atom. The molecule has 2 rings (SSSR count). The van der Waals surface area contributed by atoms with Crippen LogP contribution in [0.15, 0.2) is 12.1 Å². The van der Waals surface area contributed by atoms with Crippen molar-refractivity contribution in [1.29, 1.82) is 0 Å². The van der Waals surface area contributed by atoms with Crippen LogP contribution in [-0.2, 0) is 6.42 Å². The monoisotopic (exact) mass is 266 g/mol. The summed E-state index contributed by atoms with van der Waals surface area (Å²) < 4.78 is 0. The first-order valence-electron chi connectivity index (χ1n) is 5.44. The quantitative estimate of drug-likeness (QED) is 0.921. The van der Waals surface area contributed by atoms with E-state index in [0.717, 1.165) is 21.9 Å². The number of carbonyl (C=O) groups is 1. The zero-order valence-corrected chi connectivity index (χ0v) is 11.7. The molecule has 0 spiro atoms. The molecule has 1 amide bonds. The van der Waals surface area contributed by atoms with Crippen LogP contribution in [0, 0.1) is 13.8 Å². The van der Waals surface area contributed by atoms with Gasteiger partial charge in [0.2, 0.25) is 0 Å². The summed E-state index contributed by atoms with van der Waals surface area (Å²) in [6.45, 7) is 6.03. The highest BCUT2D eigenvalue weighted by Gasteiger charge is 2.11. The van der Waals surface area contributed by atoms with Crippen molar-refractivity contribution < 1.29 is 4.79 Å². The number of thiophene rings is 1. The van der Waals surface area contributed by atoms with Gasteiger partial charge in [0.05, 0.1) is 10.6 Å². The smallest absolute Gasteiger partial charge is 0.267 e. The molecule has 90 valence electrons. The molecule has 0 aliphatic carbocycles. The molecule has 2 aromatic rings. The average molecular weight is 266 g/mol. The third-order valence-electron chi connectivity index (χ3n) is 2.48. The van der Waals surface area contributed by atoms with Crippen molar-refractivity contribution in [1.82, 2.24) is 4.98 Å². The van der Waals surface area contributed by atoms with E-state index in [0.29, 0.717) is 5.13 Å². The second-order valence-electron chi connectivity index (χ2n) is 3.73. The number of aromatic nitrogens is 1. The van der Waals surface area contributed by atoms with Crippen molar-refractivity contribution in [3.63, 3.8) is 0 Å². The number of hydrogen-bond acceptors (Lipinski definition) is 4. The van der Waals surface area contributed by atoms with E-state index in [9.17, 15) is 4.79 Å². The average Bonchev–Trinajstić information content (AvgIpc) is 2.87. The van der Waals surface area contributed by atoms with E-state index in [4.69, 9.17) is 0 Å². The lowest BCUT2D eigenvalue weighted by atomic mass is 10.3. The fourth-order valence-corrected chi connectivity index (χ4v) is 3.03. The summed E-state index contributed by atoms with van der Waals surface area (Å²) in [6, 6.07) is 3.87. The van der Waals surface area contributed by atoms with Crippen LogP contribution < -0.4 is 5.32 Å². The molecule has 0 saturated carbocycles. The second-order valence-corrected chi connectivity index (χ2v) is 6.11. The summed E-state index contributed by atoms with van der Waals surface area (Å²) >= 11 is 3.05. The largest absolute Gasteiger partial charge is 0.297 e. The molecule has 2 heterocycles. The van der Waals surface area contributed by atoms with Gasteiger partial charge >= 0.3 is 0 Å². The second kappa shape index (κ2) is 4.98. The molecule has 0 saturated heterocycles. The van der Waals surface area contributed by atoms with Gasteiger partial charge < -0.3 is 0 Å². The predicted molar refractivity (Wildman–Crippen MR) is 73.2 cm³/mol. The number of nitrogens with zero attached hydrogens (tertiary/aromatic N) is 1. The van der Waals surface area contributed by atoms with Gasteiger partial charge in [-0.3, -0.25) is 10.1 Å². The van der Waals surface area contributed by atoms with Crippen LogP contribution in [0.1, 0.15) is 32.0 Å². The molecule has 5 heteroatoms. The highest BCUT2D eigenvalue weighted by Crippen LogP contribution is 2.23. The zero-order valence-electron chi connectivity index (χ0n) is 10.0. The van der Waals surface area contributed by atoms with Crippen LogP contribution in [0.5, 0.6) is 0 Å². The zero-order chi connectivity index (χ0) is 12.4. The summed E-state index contributed by atoms with van der Waals surface area (Å²) in [5.41, 5.74) is 0.978. The van der Waals surface area contributed by atoms with Crippen LogP contribution in [0.25, 0.3) is 0 Å². The van der Waals surface area contributed by atoms with E-state index in [1.165, 1.54) is 27.6 Å². The van der Waals surface area contributed by atoms with Crippen molar-refractivity contribution in [2.24, 2.45) is 0 Å². The maximum absolute atomic E-state index is 11.9. The maximum atomic E-state index is 11.9. The van der Waals surface area contributed by atoms with Gasteiger partial charge in [0.25, 0.3) is 5.91 Å². The highest BCUT2D eigenvalue weighted by molar-refractivity contribution is 7.16. The van der Waals surface area contributed by atoms with Gasteiger partial charge in [-0.2, -0.15) is 0 Å². The summed E-state index contributed by atoms with van der Waals surface area (Å²) in [5, 5.41) is 3.51. The van der Waals surface area contributed by atoms with E-state index < -0.39 is 0 Å². The van der Waals surface area contributed by atoms with Gasteiger partial charge in [-0.1, -0.05) is 6.92 Å². The Balaban J connectivity index is 2.11. The first-order valence-corrected chi connectivity index (χ1v) is 7.07. The van der Waals surface area contributed by atoms with Crippen molar-refractivity contribution in [3.05, 3.63) is 32.5 Å². The molecule has 0 aliphatic rings. The molecule has 0 atom stereocenters. The van der Waals surface area contributed by atoms with Crippen molar-refractivity contribution in [2.45, 2.75) is 27.2 Å². The van der Waals surface area contributed by atoms with Gasteiger partial charge in [-0.05, 0) is 32.4 Å². The van der Waals surface area contributed by atoms with E-state index in [1.54, 1.807) is 0 Å². The SMILES string of the molecule is CCc1ccc(C(=O)Nc2nc(C)c(C)s2)s1. The molecule has 0 radical (unpaired) electrons. The van der Waals surface area contributed by atoms with Crippen molar-refractivity contribution in [2.75, 3.05) is 5.32 Å². The Kier molecular flexibility index (Phi) is 3.59. The Hall–Kier alpha value is -1.20. The molecular formula is C12H14N2OS2. The summed E-state index contributed by atoms with van der Waals surface area (Å²) in [6.07, 6.45) is 0.966. The minimum absolute atomic E-state index is 0.0662. The fraction of sp³-hybridized carbons (Fsp3) is 0.333. The number of nitrogens with one attached hydrogen (secondary N) is 1. The van der Waals surface area contributed by atoms with Crippen LogP contribution in [-0.4, -0.2) is 10.9 Å². The Bertz CT molecular complexity index is 523. The van der Waals surface area contributed by atoms with E-state index in [2.05, 4.69) is 17.2 Å². The summed E-state index contributed by atoms with van der Waals surface area (Å²) in [7, 11) is 0. The number of anilines is 1. The molecule has 17 heavy (non-hydrogen) atoms. The van der Waals surface area contributed by atoms with Crippen LogP contribution in [0.3, 0.4) is 0 Å².